The second-order valence-corrected chi connectivity index (χ2v) is 6.94. The number of carbonyl (C=O) groups excluding carboxylic acids is 1. The first-order valence-corrected chi connectivity index (χ1v) is 11.1. The fourth-order valence-corrected chi connectivity index (χ4v) is 2.89. The molecule has 0 spiro atoms. The zero-order valence-electron chi connectivity index (χ0n) is 20.2. The number of amides is 1. The van der Waals surface area contributed by atoms with Crippen LogP contribution in [0.2, 0.25) is 0 Å². The molecule has 3 aromatic rings. The number of benzene rings is 1. The van der Waals surface area contributed by atoms with Gasteiger partial charge in [-0.25, -0.2) is 15.0 Å². The molecule has 2 heterocycles. The highest BCUT2D eigenvalue weighted by Gasteiger charge is 2.23. The highest BCUT2D eigenvalue weighted by atomic mass is 16.2. The maximum Gasteiger partial charge on any atom is 0.274 e. The summed E-state index contributed by atoms with van der Waals surface area (Å²) in [5, 5.41) is 10.4. The van der Waals surface area contributed by atoms with E-state index in [0.717, 1.165) is 29.2 Å². The number of nitrogens with two attached hydrogens (primary N) is 2. The molecule has 0 saturated carbocycles. The molecule has 0 radical (unpaired) electrons. The molecule has 3 rings (SSSR count). The number of nitrogen functional groups attached to an aromatic ring is 1. The summed E-state index contributed by atoms with van der Waals surface area (Å²) < 4.78 is 0. The van der Waals surface area contributed by atoms with Crippen molar-refractivity contribution in [2.45, 2.75) is 40.2 Å². The number of nitrogens with one attached hydrogen (secondary N) is 2. The topological polar surface area (TPSA) is 147 Å². The van der Waals surface area contributed by atoms with E-state index in [1.807, 2.05) is 52.0 Å². The number of carbonyl (C=O) groups is 1. The number of aromatic nitrogens is 3. The summed E-state index contributed by atoms with van der Waals surface area (Å²) in [6.07, 6.45) is 3.71. The number of hydrogen-bond acceptors (Lipinski definition) is 8. The van der Waals surface area contributed by atoms with Gasteiger partial charge in [0.1, 0.15) is 0 Å². The Balaban J connectivity index is 0.00000141. The fraction of sp³-hybridized carbons (Fsp3) is 0.375. The zero-order valence-corrected chi connectivity index (χ0v) is 20.2. The summed E-state index contributed by atoms with van der Waals surface area (Å²) >= 11 is 0. The van der Waals surface area contributed by atoms with Gasteiger partial charge in [-0.3, -0.25) is 4.79 Å². The molecule has 1 amide bonds. The van der Waals surface area contributed by atoms with E-state index in [1.165, 1.54) is 0 Å². The Bertz CT molecular complexity index is 1030. The minimum absolute atomic E-state index is 0. The van der Waals surface area contributed by atoms with Crippen LogP contribution in [0.25, 0.3) is 10.9 Å². The van der Waals surface area contributed by atoms with Gasteiger partial charge in [-0.2, -0.15) is 0 Å². The Morgan fingerprint density at radius 3 is 2.55 bits per heavy atom. The molecule has 0 bridgehead atoms. The summed E-state index contributed by atoms with van der Waals surface area (Å²) in [5.74, 6) is 0.352. The van der Waals surface area contributed by atoms with E-state index < -0.39 is 0 Å². The van der Waals surface area contributed by atoms with Gasteiger partial charge in [-0.15, -0.1) is 0 Å². The Hall–Kier alpha value is -3.59. The molecule has 1 aromatic carbocycles. The molecule has 0 fully saturated rings. The average molecular weight is 455 g/mol. The van der Waals surface area contributed by atoms with E-state index in [9.17, 15) is 4.79 Å². The van der Waals surface area contributed by atoms with Gasteiger partial charge in [0.15, 0.2) is 5.69 Å². The van der Waals surface area contributed by atoms with E-state index in [-0.39, 0.29) is 19.1 Å². The van der Waals surface area contributed by atoms with Gasteiger partial charge < -0.3 is 27.1 Å². The first kappa shape index (κ1) is 27.4. The van der Waals surface area contributed by atoms with Crippen molar-refractivity contribution in [3.05, 3.63) is 54.0 Å². The smallest absolute Gasteiger partial charge is 0.274 e. The minimum Gasteiger partial charge on any atom is -0.397 e. The molecule has 0 aliphatic rings. The summed E-state index contributed by atoms with van der Waals surface area (Å²) in [6, 6.07) is 11.3. The van der Waals surface area contributed by atoms with Crippen molar-refractivity contribution in [2.24, 2.45) is 5.73 Å². The van der Waals surface area contributed by atoms with Crippen molar-refractivity contribution in [1.29, 1.82) is 5.41 Å². The Morgan fingerprint density at radius 2 is 1.91 bits per heavy atom. The molecule has 180 valence electrons. The maximum absolute atomic E-state index is 12.8. The number of fused-ring (bicyclic) bond motifs is 1. The van der Waals surface area contributed by atoms with Crippen molar-refractivity contribution in [3.63, 3.8) is 0 Å². The van der Waals surface area contributed by atoms with E-state index >= 15 is 0 Å². The monoisotopic (exact) mass is 454 g/mol. The quantitative estimate of drug-likeness (QED) is 0.397. The lowest BCUT2D eigenvalue weighted by Crippen LogP contribution is -2.41. The van der Waals surface area contributed by atoms with Crippen LogP contribution in [0.15, 0.2) is 42.6 Å². The van der Waals surface area contributed by atoms with Gasteiger partial charge in [-0.05, 0) is 31.5 Å². The van der Waals surface area contributed by atoms with E-state index in [1.54, 1.807) is 30.3 Å². The molecular formula is C24H38N8O. The molecule has 2 aromatic heterocycles. The van der Waals surface area contributed by atoms with Gasteiger partial charge in [0, 0.05) is 51.1 Å². The molecule has 0 aliphatic carbocycles. The third kappa shape index (κ3) is 8.12. The molecular weight excluding hydrogens is 416 g/mol. The lowest BCUT2D eigenvalue weighted by Gasteiger charge is -2.27. The minimum atomic E-state index is -0.190. The molecule has 0 saturated heterocycles. The predicted molar refractivity (Wildman–Crippen MR) is 139 cm³/mol. The number of pyridine rings is 1. The maximum atomic E-state index is 12.8. The average Bonchev–Trinajstić information content (AvgIpc) is 2.86. The molecule has 0 aliphatic heterocycles. The molecule has 6 N–H and O–H groups in total. The summed E-state index contributed by atoms with van der Waals surface area (Å²) in [7, 11) is 1.77. The summed E-state index contributed by atoms with van der Waals surface area (Å²) in [4.78, 5) is 27.7. The Kier molecular flexibility index (Phi) is 12.0. The van der Waals surface area contributed by atoms with E-state index in [4.69, 9.17) is 16.9 Å². The van der Waals surface area contributed by atoms with Crippen molar-refractivity contribution >= 4 is 34.7 Å². The second-order valence-electron chi connectivity index (χ2n) is 6.94. The van der Waals surface area contributed by atoms with Crippen LogP contribution in [-0.2, 0) is 0 Å². The molecule has 33 heavy (non-hydrogen) atoms. The van der Waals surface area contributed by atoms with Crippen LogP contribution in [0.3, 0.4) is 0 Å². The van der Waals surface area contributed by atoms with Crippen molar-refractivity contribution in [1.82, 2.24) is 19.9 Å². The van der Waals surface area contributed by atoms with Gasteiger partial charge in [0.2, 0.25) is 5.95 Å². The highest BCUT2D eigenvalue weighted by Crippen LogP contribution is 2.16. The van der Waals surface area contributed by atoms with Crippen LogP contribution in [0, 0.1) is 12.3 Å². The number of anilines is 2. The fourth-order valence-electron chi connectivity index (χ4n) is 2.89. The number of aryl methyl sites for hydroxylation is 1. The van der Waals surface area contributed by atoms with Crippen LogP contribution >= 0.6 is 0 Å². The number of hydrogen-bond donors (Lipinski definition) is 4. The van der Waals surface area contributed by atoms with E-state index in [2.05, 4.69) is 20.3 Å². The standard InChI is InChI=1S/C20H24N6O.C2H6N2.C2H6.H2/c1-4-15(26(3)19(27)18-16(21)10-9-13(2)24-18)12-23-20-22-11-14-7-5-6-8-17(14)25-20;3-1-2-4;1-2;/h5-11,15H,4,12,21H2,1-3H3,(H,22,23,25);1,3H,2,4H2;1-2H3;1H/t15-;;;/m0.../s1. The third-order valence-electron chi connectivity index (χ3n) is 4.71. The molecule has 1 atom stereocenters. The van der Waals surface area contributed by atoms with Crippen LogP contribution in [0.4, 0.5) is 11.6 Å². The van der Waals surface area contributed by atoms with Gasteiger partial charge in [0.25, 0.3) is 5.91 Å². The number of likely N-dealkylation sites (N-methyl/N-ethyl adjacent to an activating group) is 1. The normalized spacial score (nSPS) is 10.7. The Morgan fingerprint density at radius 1 is 1.24 bits per heavy atom. The predicted octanol–water partition coefficient (Wildman–Crippen LogP) is 3.74. The lowest BCUT2D eigenvalue weighted by atomic mass is 10.1. The molecule has 9 heteroatoms. The van der Waals surface area contributed by atoms with Crippen LogP contribution in [0.1, 0.15) is 44.8 Å². The van der Waals surface area contributed by atoms with Crippen LogP contribution in [0.5, 0.6) is 0 Å². The summed E-state index contributed by atoms with van der Waals surface area (Å²) in [5.41, 5.74) is 13.0. The number of rotatable bonds is 7. The molecule has 9 nitrogen and oxygen atoms in total. The largest absolute Gasteiger partial charge is 0.397 e. The van der Waals surface area contributed by atoms with Gasteiger partial charge in [-0.1, -0.05) is 39.0 Å². The van der Waals surface area contributed by atoms with Crippen molar-refractivity contribution in [2.75, 3.05) is 31.2 Å². The van der Waals surface area contributed by atoms with Crippen molar-refractivity contribution < 1.29 is 6.22 Å². The first-order chi connectivity index (χ1) is 15.9. The third-order valence-corrected chi connectivity index (χ3v) is 4.71. The van der Waals surface area contributed by atoms with Crippen LogP contribution in [-0.4, -0.2) is 58.2 Å². The van der Waals surface area contributed by atoms with Gasteiger partial charge >= 0.3 is 0 Å². The molecule has 0 unspecified atom stereocenters. The SMILES string of the molecule is CC.CC[C@@H](CNc1ncc2ccccc2n1)N(C)C(=O)c1nc(C)ccc1N.N=CCN.[HH]. The van der Waals surface area contributed by atoms with Crippen LogP contribution < -0.4 is 16.8 Å². The van der Waals surface area contributed by atoms with Gasteiger partial charge in [0.05, 0.1) is 11.2 Å². The zero-order chi connectivity index (χ0) is 24.8. The summed E-state index contributed by atoms with van der Waals surface area (Å²) in [6.45, 7) is 8.76. The lowest BCUT2D eigenvalue weighted by molar-refractivity contribution is 0.0731. The highest BCUT2D eigenvalue weighted by molar-refractivity contribution is 5.97. The number of nitrogens with zero attached hydrogens (tertiary/aromatic N) is 4. The number of para-hydroxylation sites is 1. The van der Waals surface area contributed by atoms with E-state index in [0.29, 0.717) is 24.7 Å². The Labute approximate surface area is 197 Å². The second kappa shape index (κ2) is 14.5. The van der Waals surface area contributed by atoms with Crippen molar-refractivity contribution in [3.8, 4) is 0 Å². The first-order valence-electron chi connectivity index (χ1n) is 11.1.